The average Bonchev–Trinajstić information content (AvgIpc) is 3.10. The molecule has 3 aromatic rings. The van der Waals surface area contributed by atoms with Gasteiger partial charge in [0.2, 0.25) is 15.9 Å². The summed E-state index contributed by atoms with van der Waals surface area (Å²) in [5, 5.41) is 0. The van der Waals surface area contributed by atoms with Crippen LogP contribution in [0.4, 0.5) is 5.69 Å². The fourth-order valence-corrected chi connectivity index (χ4v) is 5.58. The third kappa shape index (κ3) is 4.59. The van der Waals surface area contributed by atoms with Crippen LogP contribution in [-0.4, -0.2) is 31.2 Å². The summed E-state index contributed by atoms with van der Waals surface area (Å²) in [7, 11) is -3.87. The highest BCUT2D eigenvalue weighted by atomic mass is 79.9. The lowest BCUT2D eigenvalue weighted by Gasteiger charge is -2.27. The van der Waals surface area contributed by atoms with Gasteiger partial charge in [0.25, 0.3) is 0 Å². The predicted molar refractivity (Wildman–Crippen MR) is 125 cm³/mol. The van der Waals surface area contributed by atoms with Gasteiger partial charge >= 0.3 is 0 Å². The van der Waals surface area contributed by atoms with Gasteiger partial charge in [-0.2, -0.15) is 4.31 Å². The van der Waals surface area contributed by atoms with E-state index in [1.54, 1.807) is 29.2 Å². The van der Waals surface area contributed by atoms with Crippen molar-refractivity contribution in [3.63, 3.8) is 0 Å². The lowest BCUT2D eigenvalue weighted by molar-refractivity contribution is -0.119. The lowest BCUT2D eigenvalue weighted by atomic mass is 10.1. The first-order valence-electron chi connectivity index (χ1n) is 10.1. The Hall–Kier alpha value is -2.48. The zero-order chi connectivity index (χ0) is 22.0. The number of hydrogen-bond acceptors (Lipinski definition) is 3. The topological polar surface area (TPSA) is 57.7 Å². The summed E-state index contributed by atoms with van der Waals surface area (Å²) in [6.45, 7) is 1.88. The van der Waals surface area contributed by atoms with Gasteiger partial charge in [-0.25, -0.2) is 8.42 Å². The molecule has 0 radical (unpaired) electrons. The number of benzene rings is 3. The van der Waals surface area contributed by atoms with Gasteiger partial charge < -0.3 is 4.90 Å². The molecule has 1 atom stereocenters. The molecule has 7 heteroatoms. The Balaban J connectivity index is 1.66. The molecule has 0 bridgehead atoms. The van der Waals surface area contributed by atoms with Crippen molar-refractivity contribution >= 4 is 37.5 Å². The summed E-state index contributed by atoms with van der Waals surface area (Å²) in [5.74, 6) is -0.228. The second-order valence-electron chi connectivity index (χ2n) is 7.66. The number of sulfonamides is 1. The monoisotopic (exact) mass is 498 g/mol. The Morgan fingerprint density at radius 2 is 1.65 bits per heavy atom. The average molecular weight is 499 g/mol. The second kappa shape index (κ2) is 8.94. The van der Waals surface area contributed by atoms with Crippen molar-refractivity contribution < 1.29 is 13.2 Å². The standard InChI is InChI=1S/C24H23BrN2O3S/c1-18-15-20-9-5-6-10-23(20)27(18)24(28)17-26(16-19-7-3-2-4-8-19)31(29,30)22-13-11-21(25)12-14-22/h2-14,18H,15-17H2,1H3/t18-/m0/s1. The number of nitrogens with zero attached hydrogens (tertiary/aromatic N) is 2. The maximum Gasteiger partial charge on any atom is 0.243 e. The zero-order valence-corrected chi connectivity index (χ0v) is 19.5. The zero-order valence-electron chi connectivity index (χ0n) is 17.1. The Labute approximate surface area is 191 Å². The molecule has 1 aliphatic rings. The largest absolute Gasteiger partial charge is 0.308 e. The van der Waals surface area contributed by atoms with Crippen molar-refractivity contribution in [2.45, 2.75) is 30.8 Å². The summed E-state index contributed by atoms with van der Waals surface area (Å²) in [4.78, 5) is 15.3. The molecule has 0 saturated carbocycles. The van der Waals surface area contributed by atoms with Gasteiger partial charge in [0, 0.05) is 22.7 Å². The number of carbonyl (C=O) groups excluding carboxylic acids is 1. The van der Waals surface area contributed by atoms with Crippen LogP contribution < -0.4 is 4.90 Å². The number of fused-ring (bicyclic) bond motifs is 1. The molecule has 0 aromatic heterocycles. The van der Waals surface area contributed by atoms with Crippen LogP contribution in [0.2, 0.25) is 0 Å². The Morgan fingerprint density at radius 1 is 1.00 bits per heavy atom. The lowest BCUT2D eigenvalue weighted by Crippen LogP contribution is -2.44. The molecule has 4 rings (SSSR count). The van der Waals surface area contributed by atoms with E-state index < -0.39 is 10.0 Å². The molecule has 1 heterocycles. The van der Waals surface area contributed by atoms with Crippen molar-refractivity contribution in [1.82, 2.24) is 4.31 Å². The smallest absolute Gasteiger partial charge is 0.243 e. The second-order valence-corrected chi connectivity index (χ2v) is 10.5. The van der Waals surface area contributed by atoms with Gasteiger partial charge in [-0.05, 0) is 54.8 Å². The van der Waals surface area contributed by atoms with Crippen molar-refractivity contribution in [3.8, 4) is 0 Å². The van der Waals surface area contributed by atoms with E-state index in [1.165, 1.54) is 4.31 Å². The fraction of sp³-hybridized carbons (Fsp3) is 0.208. The third-order valence-corrected chi connectivity index (χ3v) is 7.78. The molecule has 1 amide bonds. The van der Waals surface area contributed by atoms with Gasteiger partial charge in [-0.1, -0.05) is 64.5 Å². The van der Waals surface area contributed by atoms with Crippen molar-refractivity contribution in [2.24, 2.45) is 0 Å². The molecule has 0 fully saturated rings. The first kappa shape index (κ1) is 21.7. The summed E-state index contributed by atoms with van der Waals surface area (Å²) in [6, 6.07) is 23.6. The normalized spacial score (nSPS) is 15.8. The van der Waals surface area contributed by atoms with Crippen LogP contribution in [-0.2, 0) is 27.8 Å². The van der Waals surface area contributed by atoms with Crippen LogP contribution >= 0.6 is 15.9 Å². The number of rotatable bonds is 6. The highest BCUT2D eigenvalue weighted by Crippen LogP contribution is 2.32. The number of para-hydroxylation sites is 1. The van der Waals surface area contributed by atoms with Gasteiger partial charge in [-0.15, -0.1) is 0 Å². The van der Waals surface area contributed by atoms with Crippen molar-refractivity contribution in [3.05, 3.63) is 94.5 Å². The van der Waals surface area contributed by atoms with Gasteiger partial charge in [-0.3, -0.25) is 4.79 Å². The van der Waals surface area contributed by atoms with Gasteiger partial charge in [0.15, 0.2) is 0 Å². The fourth-order valence-electron chi connectivity index (χ4n) is 3.94. The Kier molecular flexibility index (Phi) is 6.27. The van der Waals surface area contributed by atoms with Crippen LogP contribution in [0.5, 0.6) is 0 Å². The number of amides is 1. The minimum Gasteiger partial charge on any atom is -0.308 e. The van der Waals surface area contributed by atoms with E-state index in [0.29, 0.717) is 0 Å². The predicted octanol–water partition coefficient (Wildman–Crippen LogP) is 4.62. The van der Waals surface area contributed by atoms with E-state index in [-0.39, 0.29) is 29.9 Å². The summed E-state index contributed by atoms with van der Waals surface area (Å²) < 4.78 is 29.0. The van der Waals surface area contributed by atoms with E-state index in [9.17, 15) is 13.2 Å². The maximum atomic E-state index is 13.5. The van der Waals surface area contributed by atoms with Gasteiger partial charge in [0.05, 0.1) is 11.4 Å². The summed E-state index contributed by atoms with van der Waals surface area (Å²) in [5.41, 5.74) is 2.79. The molecule has 0 N–H and O–H groups in total. The molecule has 0 spiro atoms. The molecule has 31 heavy (non-hydrogen) atoms. The molecule has 0 unspecified atom stereocenters. The number of halogens is 1. The van der Waals surface area contributed by atoms with E-state index in [4.69, 9.17) is 0 Å². The molecule has 3 aromatic carbocycles. The maximum absolute atomic E-state index is 13.5. The van der Waals surface area contributed by atoms with E-state index in [1.807, 2.05) is 61.5 Å². The molecule has 160 valence electrons. The molecular weight excluding hydrogens is 476 g/mol. The summed E-state index contributed by atoms with van der Waals surface area (Å²) >= 11 is 3.34. The van der Waals surface area contributed by atoms with Crippen LogP contribution in [0, 0.1) is 0 Å². The Morgan fingerprint density at radius 3 is 2.35 bits per heavy atom. The molecular formula is C24H23BrN2O3S. The van der Waals surface area contributed by atoms with Crippen LogP contribution in [0.25, 0.3) is 0 Å². The van der Waals surface area contributed by atoms with Crippen molar-refractivity contribution in [1.29, 1.82) is 0 Å². The highest BCUT2D eigenvalue weighted by Gasteiger charge is 2.34. The molecule has 0 saturated heterocycles. The number of carbonyl (C=O) groups is 1. The SMILES string of the molecule is C[C@H]1Cc2ccccc2N1C(=O)CN(Cc1ccccc1)S(=O)(=O)c1ccc(Br)cc1. The number of hydrogen-bond donors (Lipinski definition) is 0. The quantitative estimate of drug-likeness (QED) is 0.498. The Bertz CT molecular complexity index is 1180. The minimum atomic E-state index is -3.87. The summed E-state index contributed by atoms with van der Waals surface area (Å²) in [6.07, 6.45) is 0.764. The number of anilines is 1. The van der Waals surface area contributed by atoms with E-state index in [2.05, 4.69) is 15.9 Å². The minimum absolute atomic E-state index is 0.0149. The van der Waals surface area contributed by atoms with Crippen LogP contribution in [0.3, 0.4) is 0 Å². The first-order chi connectivity index (χ1) is 14.9. The van der Waals surface area contributed by atoms with E-state index >= 15 is 0 Å². The van der Waals surface area contributed by atoms with Crippen molar-refractivity contribution in [2.75, 3.05) is 11.4 Å². The molecule has 1 aliphatic heterocycles. The third-order valence-electron chi connectivity index (χ3n) is 5.44. The molecule has 0 aliphatic carbocycles. The van der Waals surface area contributed by atoms with Crippen LogP contribution in [0.1, 0.15) is 18.1 Å². The molecule has 5 nitrogen and oxygen atoms in total. The highest BCUT2D eigenvalue weighted by molar-refractivity contribution is 9.10. The van der Waals surface area contributed by atoms with Crippen LogP contribution in [0.15, 0.2) is 88.2 Å². The van der Waals surface area contributed by atoms with E-state index in [0.717, 1.165) is 27.7 Å². The van der Waals surface area contributed by atoms with Gasteiger partial charge in [0.1, 0.15) is 0 Å². The first-order valence-corrected chi connectivity index (χ1v) is 12.3.